The summed E-state index contributed by atoms with van der Waals surface area (Å²) in [5, 5.41) is 14.4. The van der Waals surface area contributed by atoms with Gasteiger partial charge in [-0.1, -0.05) is 68.8 Å². The van der Waals surface area contributed by atoms with Gasteiger partial charge in [0, 0.05) is 18.9 Å². The van der Waals surface area contributed by atoms with Crippen LogP contribution in [0.5, 0.6) is 0 Å². The summed E-state index contributed by atoms with van der Waals surface area (Å²) in [5.41, 5.74) is 4.64. The summed E-state index contributed by atoms with van der Waals surface area (Å²) >= 11 is 0. The van der Waals surface area contributed by atoms with Gasteiger partial charge in [0.1, 0.15) is 12.6 Å². The zero-order chi connectivity index (χ0) is 24.5. The summed E-state index contributed by atoms with van der Waals surface area (Å²) in [7, 11) is 0. The molecule has 2 amide bonds. The van der Waals surface area contributed by atoms with Crippen molar-refractivity contribution < 1.29 is 29.0 Å². The number of aliphatic carboxylic acids is 1. The minimum Gasteiger partial charge on any atom is -0.480 e. The Kier molecular flexibility index (Phi) is 9.04. The van der Waals surface area contributed by atoms with Gasteiger partial charge >= 0.3 is 12.1 Å². The second-order valence-corrected chi connectivity index (χ2v) is 8.38. The molecule has 0 aliphatic heterocycles. The number of benzene rings is 2. The van der Waals surface area contributed by atoms with E-state index in [2.05, 4.69) is 34.9 Å². The molecule has 34 heavy (non-hydrogen) atoms. The third-order valence-electron chi connectivity index (χ3n) is 6.13. The molecule has 3 N–H and O–H groups in total. The number of fused-ring (bicyclic) bond motifs is 3. The molecule has 2 aromatic rings. The molecule has 2 atom stereocenters. The molecule has 1 unspecified atom stereocenters. The van der Waals surface area contributed by atoms with Crippen LogP contribution < -0.4 is 10.6 Å². The quantitative estimate of drug-likeness (QED) is 0.411. The van der Waals surface area contributed by atoms with Crippen LogP contribution in [0.4, 0.5) is 4.79 Å². The van der Waals surface area contributed by atoms with E-state index in [-0.39, 0.29) is 50.5 Å². The molecule has 8 heteroatoms. The molecular weight excluding hydrogens is 436 g/mol. The maximum atomic E-state index is 12.1. The van der Waals surface area contributed by atoms with Crippen molar-refractivity contribution in [3.8, 4) is 11.1 Å². The number of carbonyl (C=O) groups is 3. The van der Waals surface area contributed by atoms with Crippen molar-refractivity contribution in [1.82, 2.24) is 10.6 Å². The van der Waals surface area contributed by atoms with Gasteiger partial charge in [0.25, 0.3) is 0 Å². The van der Waals surface area contributed by atoms with Crippen LogP contribution in [0.3, 0.4) is 0 Å². The Balaban J connectivity index is 1.34. The molecule has 0 heterocycles. The van der Waals surface area contributed by atoms with Gasteiger partial charge in [0.05, 0.1) is 13.2 Å². The number of ether oxygens (including phenoxy) is 2. The van der Waals surface area contributed by atoms with Gasteiger partial charge in [-0.25, -0.2) is 9.59 Å². The van der Waals surface area contributed by atoms with Crippen LogP contribution in [0.25, 0.3) is 11.1 Å². The van der Waals surface area contributed by atoms with Crippen LogP contribution in [0.1, 0.15) is 43.7 Å². The van der Waals surface area contributed by atoms with Gasteiger partial charge in [-0.3, -0.25) is 4.79 Å². The van der Waals surface area contributed by atoms with E-state index in [4.69, 9.17) is 9.47 Å². The Bertz CT molecular complexity index is 963. The highest BCUT2D eigenvalue weighted by Crippen LogP contribution is 2.44. The molecule has 0 bridgehead atoms. The Labute approximate surface area is 199 Å². The first-order valence-electron chi connectivity index (χ1n) is 11.6. The summed E-state index contributed by atoms with van der Waals surface area (Å²) in [6, 6.07) is 15.4. The van der Waals surface area contributed by atoms with E-state index in [9.17, 15) is 19.5 Å². The lowest BCUT2D eigenvalue weighted by Gasteiger charge is -2.20. The Morgan fingerprint density at radius 2 is 1.62 bits per heavy atom. The second kappa shape index (κ2) is 12.2. The van der Waals surface area contributed by atoms with Gasteiger partial charge in [-0.2, -0.15) is 0 Å². The average Bonchev–Trinajstić information content (AvgIpc) is 3.16. The van der Waals surface area contributed by atoms with E-state index in [1.807, 2.05) is 31.2 Å². The SMILES string of the molecule is CCC(C)[C@H](NC(=O)CCOCCNC(=O)OCC1c2ccccc2-c2ccccc21)C(=O)O. The molecule has 0 saturated carbocycles. The van der Waals surface area contributed by atoms with Crippen molar-refractivity contribution in [3.05, 3.63) is 59.7 Å². The van der Waals surface area contributed by atoms with E-state index in [1.165, 1.54) is 11.1 Å². The van der Waals surface area contributed by atoms with E-state index < -0.39 is 18.1 Å². The highest BCUT2D eigenvalue weighted by atomic mass is 16.5. The largest absolute Gasteiger partial charge is 0.480 e. The zero-order valence-electron chi connectivity index (χ0n) is 19.6. The number of alkyl carbamates (subject to hydrolysis) is 1. The fourth-order valence-electron chi connectivity index (χ4n) is 4.07. The lowest BCUT2D eigenvalue weighted by atomic mass is 9.98. The number of hydrogen-bond donors (Lipinski definition) is 3. The first kappa shape index (κ1) is 25.2. The van der Waals surface area contributed by atoms with Crippen LogP contribution in [0, 0.1) is 5.92 Å². The van der Waals surface area contributed by atoms with Gasteiger partial charge in [-0.15, -0.1) is 0 Å². The van der Waals surface area contributed by atoms with Crippen molar-refractivity contribution in [2.24, 2.45) is 5.92 Å². The second-order valence-electron chi connectivity index (χ2n) is 8.38. The van der Waals surface area contributed by atoms with E-state index >= 15 is 0 Å². The maximum Gasteiger partial charge on any atom is 0.407 e. The monoisotopic (exact) mass is 468 g/mol. The van der Waals surface area contributed by atoms with Crippen molar-refractivity contribution >= 4 is 18.0 Å². The van der Waals surface area contributed by atoms with Crippen molar-refractivity contribution in [2.75, 3.05) is 26.4 Å². The van der Waals surface area contributed by atoms with Crippen LogP contribution in [0.15, 0.2) is 48.5 Å². The minimum atomic E-state index is -1.05. The smallest absolute Gasteiger partial charge is 0.407 e. The zero-order valence-corrected chi connectivity index (χ0v) is 19.6. The van der Waals surface area contributed by atoms with Crippen LogP contribution in [0.2, 0.25) is 0 Å². The highest BCUT2D eigenvalue weighted by molar-refractivity contribution is 5.83. The van der Waals surface area contributed by atoms with Gasteiger partial charge in [0.15, 0.2) is 0 Å². The summed E-state index contributed by atoms with van der Waals surface area (Å²) in [5.74, 6) is -1.59. The molecule has 2 aromatic carbocycles. The molecule has 0 fully saturated rings. The van der Waals surface area contributed by atoms with Crippen LogP contribution in [-0.4, -0.2) is 55.5 Å². The minimum absolute atomic E-state index is 0.00188. The molecule has 1 aliphatic rings. The number of rotatable bonds is 12. The highest BCUT2D eigenvalue weighted by Gasteiger charge is 2.29. The third kappa shape index (κ3) is 6.35. The van der Waals surface area contributed by atoms with Crippen molar-refractivity contribution in [1.29, 1.82) is 0 Å². The third-order valence-corrected chi connectivity index (χ3v) is 6.13. The lowest BCUT2D eigenvalue weighted by molar-refractivity contribution is -0.143. The lowest BCUT2D eigenvalue weighted by Crippen LogP contribution is -2.45. The number of carboxylic acid groups (broad SMARTS) is 1. The summed E-state index contributed by atoms with van der Waals surface area (Å²) in [6.07, 6.45) is 0.168. The topological polar surface area (TPSA) is 114 Å². The maximum absolute atomic E-state index is 12.1. The molecule has 0 spiro atoms. The first-order chi connectivity index (χ1) is 16.4. The number of hydrogen-bond acceptors (Lipinski definition) is 5. The molecule has 0 radical (unpaired) electrons. The molecule has 8 nitrogen and oxygen atoms in total. The Hall–Kier alpha value is -3.39. The van der Waals surface area contributed by atoms with Gasteiger partial charge in [-0.05, 0) is 28.2 Å². The summed E-state index contributed by atoms with van der Waals surface area (Å²) in [6.45, 7) is 4.48. The van der Waals surface area contributed by atoms with Gasteiger partial charge in [0.2, 0.25) is 5.91 Å². The molecule has 3 rings (SSSR count). The van der Waals surface area contributed by atoms with E-state index in [0.29, 0.717) is 6.42 Å². The van der Waals surface area contributed by atoms with Gasteiger partial charge < -0.3 is 25.2 Å². The van der Waals surface area contributed by atoms with Crippen LogP contribution >= 0.6 is 0 Å². The summed E-state index contributed by atoms with van der Waals surface area (Å²) < 4.78 is 10.8. The number of carboxylic acids is 1. The fraction of sp³-hybridized carbons (Fsp3) is 0.423. The molecule has 0 saturated heterocycles. The predicted octanol–water partition coefficient (Wildman–Crippen LogP) is 3.55. The Morgan fingerprint density at radius 1 is 1.00 bits per heavy atom. The van der Waals surface area contributed by atoms with E-state index in [0.717, 1.165) is 11.1 Å². The number of amides is 2. The summed E-state index contributed by atoms with van der Waals surface area (Å²) in [4.78, 5) is 35.4. The number of carbonyl (C=O) groups excluding carboxylic acids is 2. The number of nitrogens with one attached hydrogen (secondary N) is 2. The van der Waals surface area contributed by atoms with Crippen molar-refractivity contribution in [2.45, 2.75) is 38.6 Å². The van der Waals surface area contributed by atoms with E-state index in [1.54, 1.807) is 6.92 Å². The normalized spacial score (nSPS) is 13.9. The molecule has 0 aromatic heterocycles. The average molecular weight is 469 g/mol. The molecule has 182 valence electrons. The van der Waals surface area contributed by atoms with Crippen LogP contribution in [-0.2, 0) is 19.1 Å². The Morgan fingerprint density at radius 3 is 2.21 bits per heavy atom. The molecular formula is C26H32N2O6. The molecule has 1 aliphatic carbocycles. The predicted molar refractivity (Wildman–Crippen MR) is 128 cm³/mol. The first-order valence-corrected chi connectivity index (χ1v) is 11.6. The standard InChI is InChI=1S/C26H32N2O6/c1-3-17(2)24(25(30)31)28-23(29)12-14-33-15-13-27-26(32)34-16-22-20-10-6-4-8-18(20)19-9-5-7-11-21(19)22/h4-11,17,22,24H,3,12-16H2,1-2H3,(H,27,32)(H,28,29)(H,30,31)/t17?,24-/m0/s1. The van der Waals surface area contributed by atoms with Crippen molar-refractivity contribution in [3.63, 3.8) is 0 Å². The fourth-order valence-corrected chi connectivity index (χ4v) is 4.07.